The molecule has 0 unspecified atom stereocenters. The van der Waals surface area contributed by atoms with Crippen molar-refractivity contribution in [2.45, 2.75) is 0 Å². The Hall–Kier alpha value is -4.57. The predicted molar refractivity (Wildman–Crippen MR) is 130 cm³/mol. The fourth-order valence-corrected chi connectivity index (χ4v) is 2.98. The molecule has 0 aliphatic rings. The van der Waals surface area contributed by atoms with Crippen LogP contribution in [0, 0.1) is 12.3 Å². The zero-order chi connectivity index (χ0) is 23.6. The van der Waals surface area contributed by atoms with Gasteiger partial charge in [-0.25, -0.2) is 9.98 Å². The molecule has 0 bridgehead atoms. The first kappa shape index (κ1) is 23.1. The number of hydrogen-bond donors (Lipinski definition) is 1. The number of benzene rings is 2. The van der Waals surface area contributed by atoms with E-state index in [1.54, 1.807) is 94.4 Å². The number of nitrogens with one attached hydrogen (secondary N) is 1. The summed E-state index contributed by atoms with van der Waals surface area (Å²) in [4.78, 5) is 21.3. The Morgan fingerprint density at radius 3 is 2.36 bits per heavy atom. The van der Waals surface area contributed by atoms with Gasteiger partial charge in [-0.15, -0.1) is 6.42 Å². The van der Waals surface area contributed by atoms with E-state index in [2.05, 4.69) is 21.2 Å². The number of methoxy groups -OCH3 is 3. The van der Waals surface area contributed by atoms with Crippen molar-refractivity contribution in [3.8, 4) is 29.6 Å². The molecule has 0 aliphatic carbocycles. The SMILES string of the molecule is C#Cc1ccc(NC(=O)c2cccnc2N=CC=Cc2c(OC)cc(OC)cc2OC)cc1. The molecule has 2 aromatic carbocycles. The molecular formula is C26H23N3O4. The highest BCUT2D eigenvalue weighted by molar-refractivity contribution is 6.07. The summed E-state index contributed by atoms with van der Waals surface area (Å²) in [5, 5.41) is 2.82. The Labute approximate surface area is 192 Å². The summed E-state index contributed by atoms with van der Waals surface area (Å²) < 4.78 is 16.1. The van der Waals surface area contributed by atoms with Gasteiger partial charge >= 0.3 is 0 Å². The quantitative estimate of drug-likeness (QED) is 0.403. The van der Waals surface area contributed by atoms with Crippen molar-refractivity contribution in [1.82, 2.24) is 4.98 Å². The first-order chi connectivity index (χ1) is 16.1. The number of ether oxygens (including phenoxy) is 3. The van der Waals surface area contributed by atoms with Gasteiger partial charge in [0.15, 0.2) is 5.82 Å². The second-order valence-corrected chi connectivity index (χ2v) is 6.63. The topological polar surface area (TPSA) is 82.0 Å². The number of anilines is 1. The third-order valence-electron chi connectivity index (χ3n) is 4.64. The smallest absolute Gasteiger partial charge is 0.259 e. The zero-order valence-corrected chi connectivity index (χ0v) is 18.5. The molecule has 1 N–H and O–H groups in total. The maximum absolute atomic E-state index is 12.7. The van der Waals surface area contributed by atoms with Gasteiger partial charge in [-0.05, 0) is 48.6 Å². The molecule has 0 fully saturated rings. The van der Waals surface area contributed by atoms with Crippen LogP contribution in [0.15, 0.2) is 65.8 Å². The van der Waals surface area contributed by atoms with E-state index < -0.39 is 0 Å². The van der Waals surface area contributed by atoms with Crippen LogP contribution in [0.1, 0.15) is 21.5 Å². The van der Waals surface area contributed by atoms with Gasteiger partial charge in [0, 0.05) is 35.8 Å². The van der Waals surface area contributed by atoms with Crippen LogP contribution < -0.4 is 19.5 Å². The second kappa shape index (κ2) is 11.2. The second-order valence-electron chi connectivity index (χ2n) is 6.63. The summed E-state index contributed by atoms with van der Waals surface area (Å²) in [6.07, 6.45) is 12.0. The Kier molecular flexibility index (Phi) is 7.81. The highest BCUT2D eigenvalue weighted by Crippen LogP contribution is 2.34. The molecule has 1 heterocycles. The summed E-state index contributed by atoms with van der Waals surface area (Å²) >= 11 is 0. The van der Waals surface area contributed by atoms with Crippen molar-refractivity contribution in [1.29, 1.82) is 0 Å². The van der Waals surface area contributed by atoms with E-state index in [0.29, 0.717) is 28.5 Å². The van der Waals surface area contributed by atoms with E-state index in [9.17, 15) is 4.79 Å². The number of carbonyl (C=O) groups excluding carboxylic acids is 1. The monoisotopic (exact) mass is 441 g/mol. The summed E-state index contributed by atoms with van der Waals surface area (Å²) in [7, 11) is 4.71. The van der Waals surface area contributed by atoms with Crippen LogP contribution in [0.5, 0.6) is 17.2 Å². The summed E-state index contributed by atoms with van der Waals surface area (Å²) in [6, 6.07) is 13.8. The van der Waals surface area contributed by atoms with E-state index in [4.69, 9.17) is 20.6 Å². The third-order valence-corrected chi connectivity index (χ3v) is 4.64. The average molecular weight is 441 g/mol. The Balaban J connectivity index is 1.80. The standard InChI is InChI=1S/C26H23N3O4/c1-5-18-10-12-19(13-11-18)29-26(30)22-9-7-15-28-25(22)27-14-6-8-21-23(32-3)16-20(31-2)17-24(21)33-4/h1,6-17H,2-4H3,(H,29,30). The number of aromatic nitrogens is 1. The van der Waals surface area contributed by atoms with Gasteiger partial charge in [-0.2, -0.15) is 0 Å². The largest absolute Gasteiger partial charge is 0.496 e. The Morgan fingerprint density at radius 1 is 1.06 bits per heavy atom. The summed E-state index contributed by atoms with van der Waals surface area (Å²) in [6.45, 7) is 0. The van der Waals surface area contributed by atoms with Crippen molar-refractivity contribution < 1.29 is 19.0 Å². The molecule has 33 heavy (non-hydrogen) atoms. The van der Waals surface area contributed by atoms with Crippen LogP contribution in [-0.2, 0) is 0 Å². The lowest BCUT2D eigenvalue weighted by atomic mass is 10.1. The van der Waals surface area contributed by atoms with E-state index >= 15 is 0 Å². The number of aliphatic imine (C=N–C) groups is 1. The van der Waals surface area contributed by atoms with Gasteiger partial charge in [0.25, 0.3) is 5.91 Å². The normalized spacial score (nSPS) is 10.7. The number of nitrogens with zero attached hydrogens (tertiary/aromatic N) is 2. The van der Waals surface area contributed by atoms with E-state index in [1.165, 1.54) is 0 Å². The molecule has 0 saturated heterocycles. The first-order valence-corrected chi connectivity index (χ1v) is 9.93. The van der Waals surface area contributed by atoms with Gasteiger partial charge in [-0.1, -0.05) is 5.92 Å². The van der Waals surface area contributed by atoms with Crippen molar-refractivity contribution in [3.05, 3.63) is 77.5 Å². The minimum Gasteiger partial charge on any atom is -0.496 e. The summed E-state index contributed by atoms with van der Waals surface area (Å²) in [5.74, 6) is 4.29. The lowest BCUT2D eigenvalue weighted by Crippen LogP contribution is -2.12. The van der Waals surface area contributed by atoms with Crippen molar-refractivity contribution in [2.75, 3.05) is 26.6 Å². The molecule has 7 nitrogen and oxygen atoms in total. The first-order valence-electron chi connectivity index (χ1n) is 9.93. The highest BCUT2D eigenvalue weighted by atomic mass is 16.5. The van der Waals surface area contributed by atoms with Crippen LogP contribution in [-0.4, -0.2) is 38.4 Å². The number of pyridine rings is 1. The molecule has 0 radical (unpaired) electrons. The number of amides is 1. The Bertz CT molecular complexity index is 1200. The average Bonchev–Trinajstić information content (AvgIpc) is 2.86. The van der Waals surface area contributed by atoms with Crippen molar-refractivity contribution in [3.63, 3.8) is 0 Å². The van der Waals surface area contributed by atoms with Crippen LogP contribution in [0.2, 0.25) is 0 Å². The van der Waals surface area contributed by atoms with Crippen LogP contribution in [0.3, 0.4) is 0 Å². The maximum atomic E-state index is 12.7. The van der Waals surface area contributed by atoms with Crippen molar-refractivity contribution in [2.24, 2.45) is 4.99 Å². The molecule has 0 atom stereocenters. The lowest BCUT2D eigenvalue weighted by molar-refractivity contribution is 0.102. The third kappa shape index (κ3) is 5.77. The number of hydrogen-bond acceptors (Lipinski definition) is 6. The van der Waals surface area contributed by atoms with E-state index in [0.717, 1.165) is 11.1 Å². The molecular weight excluding hydrogens is 418 g/mol. The molecule has 1 amide bonds. The fraction of sp³-hybridized carbons (Fsp3) is 0.115. The minimum atomic E-state index is -0.328. The van der Waals surface area contributed by atoms with Crippen molar-refractivity contribution >= 4 is 29.7 Å². The lowest BCUT2D eigenvalue weighted by Gasteiger charge is -2.12. The predicted octanol–water partition coefficient (Wildman–Crippen LogP) is 4.76. The highest BCUT2D eigenvalue weighted by Gasteiger charge is 2.12. The van der Waals surface area contributed by atoms with Gasteiger partial charge in [0.05, 0.1) is 32.5 Å². The number of allylic oxidation sites excluding steroid dienone is 1. The van der Waals surface area contributed by atoms with E-state index in [-0.39, 0.29) is 11.7 Å². The molecule has 3 rings (SSSR count). The fourth-order valence-electron chi connectivity index (χ4n) is 2.98. The number of carbonyl (C=O) groups is 1. The Morgan fingerprint density at radius 2 is 1.76 bits per heavy atom. The maximum Gasteiger partial charge on any atom is 0.259 e. The van der Waals surface area contributed by atoms with Gasteiger partial charge in [0.2, 0.25) is 0 Å². The van der Waals surface area contributed by atoms with Crippen LogP contribution in [0.4, 0.5) is 11.5 Å². The zero-order valence-electron chi connectivity index (χ0n) is 18.5. The molecule has 1 aromatic heterocycles. The summed E-state index contributed by atoms with van der Waals surface area (Å²) in [5.41, 5.74) is 2.41. The van der Waals surface area contributed by atoms with Crippen LogP contribution >= 0.6 is 0 Å². The van der Waals surface area contributed by atoms with Gasteiger partial charge in [0.1, 0.15) is 17.2 Å². The molecule has 166 valence electrons. The van der Waals surface area contributed by atoms with Gasteiger partial charge < -0.3 is 19.5 Å². The van der Waals surface area contributed by atoms with Gasteiger partial charge in [-0.3, -0.25) is 4.79 Å². The molecule has 0 aliphatic heterocycles. The number of terminal acetylenes is 1. The van der Waals surface area contributed by atoms with Crippen LogP contribution in [0.25, 0.3) is 6.08 Å². The molecule has 0 saturated carbocycles. The number of rotatable bonds is 8. The van der Waals surface area contributed by atoms with E-state index in [1.807, 2.05) is 0 Å². The molecule has 7 heteroatoms. The molecule has 3 aromatic rings. The molecule has 0 spiro atoms. The minimum absolute atomic E-state index is 0.286.